The molecule has 4 aliphatic rings. The van der Waals surface area contributed by atoms with E-state index in [1.807, 2.05) is 0 Å². The number of rotatable bonds is 8. The van der Waals surface area contributed by atoms with Crippen molar-refractivity contribution in [2.75, 3.05) is 13.2 Å². The van der Waals surface area contributed by atoms with E-state index in [1.165, 1.54) is 26.0 Å². The number of esters is 1. The fraction of sp³-hybridized carbons (Fsp3) is 0.417. The van der Waals surface area contributed by atoms with E-state index in [0.29, 0.717) is 22.3 Å². The molecule has 0 aliphatic carbocycles. The van der Waals surface area contributed by atoms with Crippen LogP contribution < -0.4 is 24.8 Å². The number of benzene rings is 3. The number of aliphatic hydroxyl groups excluding tert-OH is 6. The summed E-state index contributed by atoms with van der Waals surface area (Å²) >= 11 is 0. The molecule has 0 bridgehead atoms. The maximum absolute atomic E-state index is 13.4. The first kappa shape index (κ1) is 36.5. The summed E-state index contributed by atoms with van der Waals surface area (Å²) in [6.45, 7) is 1.13. The Morgan fingerprint density at radius 2 is 1.17 bits per heavy atom. The van der Waals surface area contributed by atoms with E-state index >= 15 is 0 Å². The number of aliphatic hydroxyl groups is 6. The molecule has 2 saturated heterocycles. The zero-order valence-electron chi connectivity index (χ0n) is 28.3. The highest BCUT2D eigenvalue weighted by Gasteiger charge is 2.54. The van der Waals surface area contributed by atoms with Crippen molar-refractivity contribution in [3.8, 4) is 23.0 Å². The second-order valence-corrected chi connectivity index (χ2v) is 13.1. The van der Waals surface area contributed by atoms with E-state index in [0.717, 1.165) is 0 Å². The zero-order valence-corrected chi connectivity index (χ0v) is 28.3. The van der Waals surface area contributed by atoms with Gasteiger partial charge in [-0.3, -0.25) is 9.59 Å². The maximum Gasteiger partial charge on any atom is 0.340 e. The quantitative estimate of drug-likeness (QED) is 0.128. The van der Waals surface area contributed by atoms with E-state index in [9.17, 15) is 45.0 Å². The van der Waals surface area contributed by atoms with Crippen LogP contribution in [0.4, 0.5) is 0 Å². The first-order chi connectivity index (χ1) is 25.4. The number of fused-ring (bicyclic) bond motifs is 6. The molecule has 0 saturated carbocycles. The average Bonchev–Trinajstić information content (AvgIpc) is 3.42. The van der Waals surface area contributed by atoms with E-state index < -0.39 is 97.9 Å². The molecule has 1 spiro atoms. The summed E-state index contributed by atoms with van der Waals surface area (Å²) in [5.74, 6) is -1.11. The van der Waals surface area contributed by atoms with Crippen molar-refractivity contribution in [3.05, 3.63) is 82.9 Å². The van der Waals surface area contributed by atoms with Crippen LogP contribution in [-0.2, 0) is 29.4 Å². The minimum absolute atomic E-state index is 0.115. The lowest BCUT2D eigenvalue weighted by atomic mass is 9.77. The lowest BCUT2D eigenvalue weighted by Gasteiger charge is -2.42. The molecule has 0 unspecified atom stereocenters. The minimum Gasteiger partial charge on any atom is -0.462 e. The molecule has 53 heavy (non-hydrogen) atoms. The summed E-state index contributed by atoms with van der Waals surface area (Å²) in [7, 11) is 0. The molecule has 0 aromatic heterocycles. The molecule has 7 rings (SSSR count). The molecule has 3 aromatic carbocycles. The Morgan fingerprint density at radius 3 is 1.62 bits per heavy atom. The standard InChI is InChI=1S/C36H38N2O15/c1-15(41)37-27-31(45)29(43)25(13-39)51-34(27)48-17-7-9-21-23(11-17)50-24-12-18(49-35-28(38-16(2)42)32(46)30(44)26(14-40)52-35)8-10-22(24)36(21)20-6-4-3-5-19(20)33(47)53-36/h3-12,25-32,34-35,39-40,43-46H,13-14H2,1-2H3,(H,37,41)(H,38,42)/t25-,26-,27-,28-,29-,30-,31-,32-,34-,35-/m1/s1. The molecule has 10 atom stereocenters. The van der Waals surface area contributed by atoms with Crippen LogP contribution in [0.3, 0.4) is 0 Å². The largest absolute Gasteiger partial charge is 0.462 e. The first-order valence-electron chi connectivity index (χ1n) is 16.8. The van der Waals surface area contributed by atoms with Crippen LogP contribution in [0.5, 0.6) is 23.0 Å². The average molecular weight is 739 g/mol. The van der Waals surface area contributed by atoms with Gasteiger partial charge in [-0.2, -0.15) is 0 Å². The summed E-state index contributed by atoms with van der Waals surface area (Å²) in [5, 5.41) is 66.9. The summed E-state index contributed by atoms with van der Waals surface area (Å²) in [6.07, 6.45) is -11.4. The Balaban J connectivity index is 1.27. The third-order valence-electron chi connectivity index (χ3n) is 9.66. The number of ether oxygens (including phenoxy) is 6. The van der Waals surface area contributed by atoms with Gasteiger partial charge < -0.3 is 69.7 Å². The third-order valence-corrected chi connectivity index (χ3v) is 9.66. The lowest BCUT2D eigenvalue weighted by molar-refractivity contribution is -0.244. The van der Waals surface area contributed by atoms with Gasteiger partial charge in [0.05, 0.1) is 18.8 Å². The monoisotopic (exact) mass is 738 g/mol. The van der Waals surface area contributed by atoms with Crippen molar-refractivity contribution in [1.29, 1.82) is 0 Å². The van der Waals surface area contributed by atoms with Crippen LogP contribution in [-0.4, -0.2) is 123 Å². The lowest BCUT2D eigenvalue weighted by Crippen LogP contribution is -2.65. The van der Waals surface area contributed by atoms with Gasteiger partial charge >= 0.3 is 5.97 Å². The molecular formula is C36H38N2O15. The SMILES string of the molecule is CC(=O)N[C@H]1[C@H](Oc2ccc3c(c2)Oc2cc(O[C@@H]4O[C@H](CO)[C@@H](O)[C@H](O)[C@H]4NC(C)=O)ccc2C32OC(=O)c3ccccc32)O[C@H](CO)[C@@H](O)[C@@H]1O. The van der Waals surface area contributed by atoms with Gasteiger partial charge in [-0.1, -0.05) is 18.2 Å². The van der Waals surface area contributed by atoms with Crippen molar-refractivity contribution >= 4 is 17.8 Å². The molecule has 17 heteroatoms. The fourth-order valence-corrected chi connectivity index (χ4v) is 7.19. The molecule has 4 heterocycles. The van der Waals surface area contributed by atoms with Gasteiger partial charge in [0.25, 0.3) is 0 Å². The van der Waals surface area contributed by atoms with Gasteiger partial charge in [0, 0.05) is 42.7 Å². The second kappa shape index (κ2) is 14.2. The van der Waals surface area contributed by atoms with Crippen molar-refractivity contribution in [2.24, 2.45) is 0 Å². The Kier molecular flexibility index (Phi) is 9.77. The highest BCUT2D eigenvalue weighted by Crippen LogP contribution is 2.57. The second-order valence-electron chi connectivity index (χ2n) is 13.1. The minimum atomic E-state index is -1.55. The number of nitrogens with one attached hydrogen (secondary N) is 2. The summed E-state index contributed by atoms with van der Waals surface area (Å²) in [5.41, 5.74) is 0.157. The Labute approximate surface area is 301 Å². The number of hydrogen-bond acceptors (Lipinski definition) is 15. The van der Waals surface area contributed by atoms with Crippen molar-refractivity contribution in [3.63, 3.8) is 0 Å². The predicted octanol–water partition coefficient (Wildman–Crippen LogP) is -1.10. The number of carbonyl (C=O) groups excluding carboxylic acids is 3. The molecule has 3 aromatic rings. The first-order valence-corrected chi connectivity index (χ1v) is 16.8. The third kappa shape index (κ3) is 6.34. The molecule has 17 nitrogen and oxygen atoms in total. The van der Waals surface area contributed by atoms with Crippen LogP contribution in [0.25, 0.3) is 0 Å². The van der Waals surface area contributed by atoms with E-state index in [4.69, 9.17) is 28.4 Å². The van der Waals surface area contributed by atoms with Crippen LogP contribution in [0, 0.1) is 0 Å². The Bertz CT molecular complexity index is 1800. The summed E-state index contributed by atoms with van der Waals surface area (Å²) in [6, 6.07) is 13.7. The summed E-state index contributed by atoms with van der Waals surface area (Å²) in [4.78, 5) is 37.3. The van der Waals surface area contributed by atoms with Gasteiger partial charge in [0.1, 0.15) is 71.7 Å². The van der Waals surface area contributed by atoms with E-state index in [1.54, 1.807) is 48.5 Å². The molecule has 8 N–H and O–H groups in total. The van der Waals surface area contributed by atoms with Gasteiger partial charge in [-0.25, -0.2) is 4.79 Å². The van der Waals surface area contributed by atoms with Crippen LogP contribution in [0.1, 0.15) is 40.9 Å². The topological polar surface area (TPSA) is 252 Å². The highest BCUT2D eigenvalue weighted by atomic mass is 16.7. The normalized spacial score (nSPS) is 30.9. The van der Waals surface area contributed by atoms with Gasteiger partial charge in [-0.05, 0) is 30.3 Å². The van der Waals surface area contributed by atoms with Crippen molar-refractivity contribution < 1.29 is 73.4 Å². The molecule has 2 fully saturated rings. The number of amides is 2. The van der Waals surface area contributed by atoms with Crippen molar-refractivity contribution in [2.45, 2.75) is 80.7 Å². The Hall–Kier alpha value is -4.85. The molecule has 0 radical (unpaired) electrons. The maximum atomic E-state index is 13.4. The van der Waals surface area contributed by atoms with E-state index in [-0.39, 0.29) is 23.0 Å². The van der Waals surface area contributed by atoms with Gasteiger partial charge in [0.15, 0.2) is 5.60 Å². The fourth-order valence-electron chi connectivity index (χ4n) is 7.19. The predicted molar refractivity (Wildman–Crippen MR) is 177 cm³/mol. The van der Waals surface area contributed by atoms with Crippen LogP contribution in [0.2, 0.25) is 0 Å². The zero-order chi connectivity index (χ0) is 37.8. The summed E-state index contributed by atoms with van der Waals surface area (Å²) < 4.78 is 36.2. The highest BCUT2D eigenvalue weighted by molar-refractivity contribution is 5.97. The molecule has 282 valence electrons. The number of carbonyl (C=O) groups is 3. The Morgan fingerprint density at radius 1 is 0.698 bits per heavy atom. The number of hydrogen-bond donors (Lipinski definition) is 8. The van der Waals surface area contributed by atoms with Gasteiger partial charge in [0.2, 0.25) is 24.4 Å². The molecular weight excluding hydrogens is 700 g/mol. The van der Waals surface area contributed by atoms with Crippen LogP contribution in [0.15, 0.2) is 60.7 Å². The van der Waals surface area contributed by atoms with Gasteiger partial charge in [-0.15, -0.1) is 0 Å². The van der Waals surface area contributed by atoms with E-state index in [2.05, 4.69) is 10.6 Å². The molecule has 4 aliphatic heterocycles. The molecule has 2 amide bonds. The smallest absolute Gasteiger partial charge is 0.340 e. The van der Waals surface area contributed by atoms with Crippen molar-refractivity contribution in [1.82, 2.24) is 10.6 Å². The van der Waals surface area contributed by atoms with Crippen LogP contribution >= 0.6 is 0 Å².